The predicted octanol–water partition coefficient (Wildman–Crippen LogP) is 3.56. The third-order valence-corrected chi connectivity index (χ3v) is 4.79. The zero-order valence-electron chi connectivity index (χ0n) is 11.2. The number of anilines is 1. The molecule has 0 unspecified atom stereocenters. The lowest BCUT2D eigenvalue weighted by Gasteiger charge is -2.12. The van der Waals surface area contributed by atoms with Crippen LogP contribution in [0.2, 0.25) is 10.0 Å². The van der Waals surface area contributed by atoms with Gasteiger partial charge in [0.05, 0.1) is 4.90 Å². The molecule has 0 aliphatic rings. The summed E-state index contributed by atoms with van der Waals surface area (Å²) in [6, 6.07) is 10.2. The molecule has 0 saturated carbocycles. The number of nitrogens with two attached hydrogens (primary N) is 1. The van der Waals surface area contributed by atoms with Crippen molar-refractivity contribution in [1.29, 1.82) is 0 Å². The SMILES string of the molecule is Cc1ccc(NCc2c(Cl)cccc2Cl)cc1S(N)(=O)=O. The molecule has 0 saturated heterocycles. The molecule has 112 valence electrons. The van der Waals surface area contributed by atoms with Crippen LogP contribution in [0.4, 0.5) is 5.69 Å². The fourth-order valence-electron chi connectivity index (χ4n) is 1.91. The van der Waals surface area contributed by atoms with Crippen LogP contribution in [0.1, 0.15) is 11.1 Å². The van der Waals surface area contributed by atoms with Crippen molar-refractivity contribution in [3.8, 4) is 0 Å². The van der Waals surface area contributed by atoms with Crippen LogP contribution in [-0.4, -0.2) is 8.42 Å². The highest BCUT2D eigenvalue weighted by atomic mass is 35.5. The summed E-state index contributed by atoms with van der Waals surface area (Å²) in [5.74, 6) is 0. The van der Waals surface area contributed by atoms with Crippen molar-refractivity contribution in [1.82, 2.24) is 0 Å². The summed E-state index contributed by atoms with van der Waals surface area (Å²) in [5, 5.41) is 9.38. The fraction of sp³-hybridized carbons (Fsp3) is 0.143. The van der Waals surface area contributed by atoms with E-state index in [0.29, 0.717) is 27.8 Å². The largest absolute Gasteiger partial charge is 0.381 e. The molecule has 2 rings (SSSR count). The molecule has 0 amide bonds. The lowest BCUT2D eigenvalue weighted by Crippen LogP contribution is -2.14. The Hall–Kier alpha value is -1.27. The summed E-state index contributed by atoms with van der Waals surface area (Å²) in [6.07, 6.45) is 0. The summed E-state index contributed by atoms with van der Waals surface area (Å²) in [7, 11) is -3.75. The molecule has 7 heteroatoms. The second-order valence-corrected chi connectivity index (χ2v) is 6.92. The Morgan fingerprint density at radius 2 is 1.76 bits per heavy atom. The first-order chi connectivity index (χ1) is 9.79. The van der Waals surface area contributed by atoms with Crippen LogP contribution in [0.15, 0.2) is 41.3 Å². The number of primary sulfonamides is 1. The maximum absolute atomic E-state index is 11.5. The molecular weight excluding hydrogens is 331 g/mol. The van der Waals surface area contributed by atoms with Crippen molar-refractivity contribution in [3.05, 3.63) is 57.6 Å². The van der Waals surface area contributed by atoms with Crippen LogP contribution in [0, 0.1) is 6.92 Å². The molecule has 0 radical (unpaired) electrons. The van der Waals surface area contributed by atoms with Crippen LogP contribution in [-0.2, 0) is 16.6 Å². The molecule has 0 bridgehead atoms. The van der Waals surface area contributed by atoms with Crippen LogP contribution in [0.5, 0.6) is 0 Å². The second-order valence-electron chi connectivity index (χ2n) is 4.58. The molecule has 3 N–H and O–H groups in total. The van der Waals surface area contributed by atoms with E-state index in [-0.39, 0.29) is 4.90 Å². The van der Waals surface area contributed by atoms with Gasteiger partial charge in [0.2, 0.25) is 10.0 Å². The number of benzene rings is 2. The number of sulfonamides is 1. The van der Waals surface area contributed by atoms with Gasteiger partial charge in [-0.05, 0) is 36.8 Å². The van der Waals surface area contributed by atoms with Gasteiger partial charge >= 0.3 is 0 Å². The molecule has 0 fully saturated rings. The first-order valence-corrected chi connectivity index (χ1v) is 8.39. The van der Waals surface area contributed by atoms with Crippen LogP contribution < -0.4 is 10.5 Å². The maximum atomic E-state index is 11.5. The number of aryl methyl sites for hydroxylation is 1. The first kappa shape index (κ1) is 16.1. The quantitative estimate of drug-likeness (QED) is 0.890. The third-order valence-electron chi connectivity index (χ3n) is 3.03. The van der Waals surface area contributed by atoms with E-state index in [1.165, 1.54) is 6.07 Å². The third kappa shape index (κ3) is 3.89. The Labute approximate surface area is 133 Å². The van der Waals surface area contributed by atoms with Crippen LogP contribution in [0.3, 0.4) is 0 Å². The van der Waals surface area contributed by atoms with E-state index in [2.05, 4.69) is 5.32 Å². The number of rotatable bonds is 4. The van der Waals surface area contributed by atoms with E-state index in [0.717, 1.165) is 5.56 Å². The van der Waals surface area contributed by atoms with Gasteiger partial charge in [0.1, 0.15) is 0 Å². The number of halogens is 2. The highest BCUT2D eigenvalue weighted by Crippen LogP contribution is 2.26. The van der Waals surface area contributed by atoms with Gasteiger partial charge in [0.25, 0.3) is 0 Å². The zero-order valence-corrected chi connectivity index (χ0v) is 13.6. The van der Waals surface area contributed by atoms with Gasteiger partial charge in [-0.25, -0.2) is 13.6 Å². The second kappa shape index (κ2) is 6.23. The Bertz CT molecular complexity index is 756. The predicted molar refractivity (Wildman–Crippen MR) is 86.3 cm³/mol. The molecule has 0 aliphatic carbocycles. The van der Waals surface area contributed by atoms with Gasteiger partial charge in [-0.1, -0.05) is 35.3 Å². The maximum Gasteiger partial charge on any atom is 0.238 e. The number of hydrogen-bond acceptors (Lipinski definition) is 3. The van der Waals surface area contributed by atoms with Gasteiger partial charge in [0.15, 0.2) is 0 Å². The molecule has 2 aromatic carbocycles. The van der Waals surface area contributed by atoms with E-state index >= 15 is 0 Å². The average molecular weight is 345 g/mol. The summed E-state index contributed by atoms with van der Waals surface area (Å²) >= 11 is 12.2. The van der Waals surface area contributed by atoms with Crippen molar-refractivity contribution in [2.24, 2.45) is 5.14 Å². The number of hydrogen-bond donors (Lipinski definition) is 2. The lowest BCUT2D eigenvalue weighted by molar-refractivity contribution is 0.597. The van der Waals surface area contributed by atoms with E-state index in [4.69, 9.17) is 28.3 Å². The lowest BCUT2D eigenvalue weighted by atomic mass is 10.2. The van der Waals surface area contributed by atoms with Crippen LogP contribution in [0.25, 0.3) is 0 Å². The highest BCUT2D eigenvalue weighted by Gasteiger charge is 2.12. The summed E-state index contributed by atoms with van der Waals surface area (Å²) in [4.78, 5) is 0.0951. The van der Waals surface area contributed by atoms with Crippen LogP contribution >= 0.6 is 23.2 Å². The normalized spacial score (nSPS) is 11.4. The first-order valence-electron chi connectivity index (χ1n) is 6.09. The van der Waals surface area contributed by atoms with Gasteiger partial charge < -0.3 is 5.32 Å². The van der Waals surface area contributed by atoms with E-state index in [1.54, 1.807) is 37.3 Å². The molecule has 0 spiro atoms. The van der Waals surface area contributed by atoms with Crippen molar-refractivity contribution in [3.63, 3.8) is 0 Å². The molecule has 0 heterocycles. The Morgan fingerprint density at radius 1 is 1.14 bits per heavy atom. The molecule has 0 aromatic heterocycles. The van der Waals surface area contributed by atoms with E-state index in [9.17, 15) is 8.42 Å². The van der Waals surface area contributed by atoms with Crippen molar-refractivity contribution in [2.75, 3.05) is 5.32 Å². The topological polar surface area (TPSA) is 72.2 Å². The van der Waals surface area contributed by atoms with Gasteiger partial charge in [-0.15, -0.1) is 0 Å². The summed E-state index contributed by atoms with van der Waals surface area (Å²) in [5.41, 5.74) is 1.97. The highest BCUT2D eigenvalue weighted by molar-refractivity contribution is 7.89. The minimum absolute atomic E-state index is 0.0951. The fourth-order valence-corrected chi connectivity index (χ4v) is 3.25. The monoisotopic (exact) mass is 344 g/mol. The number of nitrogens with one attached hydrogen (secondary N) is 1. The van der Waals surface area contributed by atoms with Crippen molar-refractivity contribution < 1.29 is 8.42 Å². The summed E-state index contributed by atoms with van der Waals surface area (Å²) in [6.45, 7) is 2.07. The van der Waals surface area contributed by atoms with Gasteiger partial charge in [0, 0.05) is 27.8 Å². The summed E-state index contributed by atoms with van der Waals surface area (Å²) < 4.78 is 23.0. The molecule has 4 nitrogen and oxygen atoms in total. The molecular formula is C14H14Cl2N2O2S. The zero-order chi connectivity index (χ0) is 15.6. The Balaban J connectivity index is 2.26. The minimum atomic E-state index is -3.75. The Kier molecular flexibility index (Phi) is 4.78. The van der Waals surface area contributed by atoms with Gasteiger partial charge in [-0.3, -0.25) is 0 Å². The van der Waals surface area contributed by atoms with Gasteiger partial charge in [-0.2, -0.15) is 0 Å². The average Bonchev–Trinajstić information content (AvgIpc) is 2.38. The van der Waals surface area contributed by atoms with E-state index in [1.807, 2.05) is 0 Å². The smallest absolute Gasteiger partial charge is 0.238 e. The standard InChI is InChI=1S/C14H14Cl2N2O2S/c1-9-5-6-10(7-14(9)21(17,19)20)18-8-11-12(15)3-2-4-13(11)16/h2-7,18H,8H2,1H3,(H2,17,19,20). The molecule has 0 atom stereocenters. The van der Waals surface area contributed by atoms with Crippen molar-refractivity contribution >= 4 is 38.9 Å². The Morgan fingerprint density at radius 3 is 2.33 bits per heavy atom. The molecule has 21 heavy (non-hydrogen) atoms. The minimum Gasteiger partial charge on any atom is -0.381 e. The van der Waals surface area contributed by atoms with Crippen molar-refractivity contribution in [2.45, 2.75) is 18.4 Å². The van der Waals surface area contributed by atoms with E-state index < -0.39 is 10.0 Å². The molecule has 0 aliphatic heterocycles. The molecule has 2 aromatic rings.